The molecule has 1 aliphatic carbocycles. The Morgan fingerprint density at radius 1 is 1.03 bits per heavy atom. The van der Waals surface area contributed by atoms with Gasteiger partial charge >= 0.3 is 0 Å². The zero-order chi connectivity index (χ0) is 22.9. The number of piperazine rings is 1. The summed E-state index contributed by atoms with van der Waals surface area (Å²) >= 11 is 0. The van der Waals surface area contributed by atoms with Gasteiger partial charge in [-0.15, -0.1) is 5.10 Å². The van der Waals surface area contributed by atoms with E-state index >= 15 is 0 Å². The fourth-order valence-electron chi connectivity index (χ4n) is 4.78. The second-order valence-corrected chi connectivity index (χ2v) is 8.85. The van der Waals surface area contributed by atoms with Crippen molar-refractivity contribution >= 4 is 5.82 Å². The summed E-state index contributed by atoms with van der Waals surface area (Å²) in [5.74, 6) is 1.48. The Hall–Kier alpha value is -3.51. The van der Waals surface area contributed by atoms with Crippen molar-refractivity contribution in [3.8, 4) is 11.9 Å². The zero-order valence-electron chi connectivity index (χ0n) is 19.2. The lowest BCUT2D eigenvalue weighted by molar-refractivity contribution is 0.242. The van der Waals surface area contributed by atoms with Crippen LogP contribution in [0, 0.1) is 25.2 Å². The van der Waals surface area contributed by atoms with Crippen LogP contribution in [0.3, 0.4) is 0 Å². The summed E-state index contributed by atoms with van der Waals surface area (Å²) in [4.78, 5) is 21.8. The van der Waals surface area contributed by atoms with Gasteiger partial charge in [-0.05, 0) is 56.9 Å². The molecule has 9 nitrogen and oxygen atoms in total. The Balaban J connectivity index is 1.23. The summed E-state index contributed by atoms with van der Waals surface area (Å²) in [5.41, 5.74) is 4.86. The van der Waals surface area contributed by atoms with Gasteiger partial charge in [-0.1, -0.05) is 0 Å². The van der Waals surface area contributed by atoms with Gasteiger partial charge in [0.1, 0.15) is 11.9 Å². The molecule has 0 amide bonds. The lowest BCUT2D eigenvalue weighted by Gasteiger charge is -2.35. The van der Waals surface area contributed by atoms with Gasteiger partial charge < -0.3 is 4.90 Å². The number of nitriles is 1. The van der Waals surface area contributed by atoms with E-state index in [9.17, 15) is 10.1 Å². The number of anilines is 1. The highest BCUT2D eigenvalue weighted by Crippen LogP contribution is 2.27. The van der Waals surface area contributed by atoms with E-state index in [-0.39, 0.29) is 5.56 Å². The van der Waals surface area contributed by atoms with Crippen LogP contribution in [0.1, 0.15) is 34.6 Å². The highest BCUT2D eigenvalue weighted by molar-refractivity contribution is 5.57. The first-order valence-corrected chi connectivity index (χ1v) is 11.5. The lowest BCUT2D eigenvalue weighted by Crippen LogP contribution is -2.48. The van der Waals surface area contributed by atoms with Gasteiger partial charge in [0.25, 0.3) is 5.56 Å². The smallest absolute Gasteiger partial charge is 0.266 e. The van der Waals surface area contributed by atoms with Crippen molar-refractivity contribution in [3.63, 3.8) is 0 Å². The molecule has 170 valence electrons. The van der Waals surface area contributed by atoms with Gasteiger partial charge in [0, 0.05) is 50.2 Å². The number of rotatable bonds is 5. The SMILES string of the molecule is Cc1cc(C)n(-c2ccc(=O)n(CCN3CCN(c4nc5c(cc4C#N)CCC5)CC3)n2)n1. The molecule has 9 heteroatoms. The van der Waals surface area contributed by atoms with Gasteiger partial charge in [0.05, 0.1) is 17.8 Å². The first-order chi connectivity index (χ1) is 16.0. The van der Waals surface area contributed by atoms with E-state index < -0.39 is 0 Å². The number of hydrogen-bond donors (Lipinski definition) is 0. The van der Waals surface area contributed by atoms with Crippen LogP contribution >= 0.6 is 0 Å². The molecule has 0 saturated carbocycles. The summed E-state index contributed by atoms with van der Waals surface area (Å²) in [5, 5.41) is 18.6. The second kappa shape index (κ2) is 8.79. The number of aryl methyl sites for hydroxylation is 4. The summed E-state index contributed by atoms with van der Waals surface area (Å²) in [6, 6.07) is 9.63. The first kappa shape index (κ1) is 21.3. The molecule has 5 rings (SSSR count). The van der Waals surface area contributed by atoms with E-state index in [0.717, 1.165) is 74.9 Å². The van der Waals surface area contributed by atoms with E-state index in [1.54, 1.807) is 16.8 Å². The quantitative estimate of drug-likeness (QED) is 0.590. The Morgan fingerprint density at radius 3 is 2.58 bits per heavy atom. The minimum absolute atomic E-state index is 0.111. The summed E-state index contributed by atoms with van der Waals surface area (Å²) in [7, 11) is 0. The summed E-state index contributed by atoms with van der Waals surface area (Å²) < 4.78 is 3.29. The average Bonchev–Trinajstić information content (AvgIpc) is 3.42. The molecule has 1 aliphatic heterocycles. The molecule has 0 bridgehead atoms. The number of hydrogen-bond acceptors (Lipinski definition) is 7. The fourth-order valence-corrected chi connectivity index (χ4v) is 4.78. The Kier molecular flexibility index (Phi) is 5.68. The maximum atomic E-state index is 12.4. The number of pyridine rings is 1. The largest absolute Gasteiger partial charge is 0.353 e. The van der Waals surface area contributed by atoms with Crippen molar-refractivity contribution in [1.82, 2.24) is 29.4 Å². The number of aromatic nitrogens is 5. The van der Waals surface area contributed by atoms with Crippen LogP contribution in [0.25, 0.3) is 5.82 Å². The molecule has 33 heavy (non-hydrogen) atoms. The van der Waals surface area contributed by atoms with Gasteiger partial charge in [-0.2, -0.15) is 10.4 Å². The molecule has 3 aromatic rings. The van der Waals surface area contributed by atoms with Crippen molar-refractivity contribution < 1.29 is 0 Å². The predicted molar refractivity (Wildman–Crippen MR) is 125 cm³/mol. The molecule has 0 unspecified atom stereocenters. The van der Waals surface area contributed by atoms with E-state index in [1.165, 1.54) is 10.2 Å². The van der Waals surface area contributed by atoms with E-state index in [4.69, 9.17) is 4.98 Å². The zero-order valence-corrected chi connectivity index (χ0v) is 19.2. The third-order valence-electron chi connectivity index (χ3n) is 6.53. The first-order valence-electron chi connectivity index (χ1n) is 11.5. The van der Waals surface area contributed by atoms with Gasteiger partial charge in [-0.3, -0.25) is 9.69 Å². The topological polar surface area (TPSA) is 95.9 Å². The Morgan fingerprint density at radius 2 is 1.85 bits per heavy atom. The maximum Gasteiger partial charge on any atom is 0.266 e. The van der Waals surface area contributed by atoms with Crippen molar-refractivity contribution in [2.75, 3.05) is 37.6 Å². The van der Waals surface area contributed by atoms with Crippen LogP contribution < -0.4 is 10.5 Å². The third kappa shape index (κ3) is 4.26. The van der Waals surface area contributed by atoms with Gasteiger partial charge in [-0.25, -0.2) is 14.3 Å². The van der Waals surface area contributed by atoms with Crippen LogP contribution in [-0.4, -0.2) is 62.2 Å². The molecule has 3 aromatic heterocycles. The molecular weight excluding hydrogens is 416 g/mol. The fraction of sp³-hybridized carbons (Fsp3) is 0.458. The van der Waals surface area contributed by atoms with Crippen LogP contribution in [0.5, 0.6) is 0 Å². The Labute approximate surface area is 192 Å². The standard InChI is InChI=1S/C24H28N8O/c1-17-14-18(2)32(27-17)22-6-7-23(33)31(28-22)13-10-29-8-11-30(12-9-29)24-20(16-25)15-19-4-3-5-21(19)26-24/h6-7,14-15H,3-5,8-13H2,1-2H3. The molecule has 4 heterocycles. The number of nitrogens with zero attached hydrogens (tertiary/aromatic N) is 8. The molecule has 2 aliphatic rings. The minimum Gasteiger partial charge on any atom is -0.353 e. The summed E-state index contributed by atoms with van der Waals surface area (Å²) in [6.07, 6.45) is 3.16. The van der Waals surface area contributed by atoms with Gasteiger partial charge in [0.2, 0.25) is 0 Å². The molecule has 0 aromatic carbocycles. The molecule has 0 spiro atoms. The van der Waals surface area contributed by atoms with Crippen molar-refractivity contribution in [3.05, 3.63) is 62.8 Å². The van der Waals surface area contributed by atoms with E-state index in [1.807, 2.05) is 26.0 Å². The lowest BCUT2D eigenvalue weighted by atomic mass is 10.1. The van der Waals surface area contributed by atoms with Crippen molar-refractivity contribution in [2.24, 2.45) is 0 Å². The normalized spacial score (nSPS) is 16.1. The minimum atomic E-state index is -0.111. The third-order valence-corrected chi connectivity index (χ3v) is 6.53. The molecule has 0 atom stereocenters. The molecule has 1 saturated heterocycles. The molecule has 1 fully saturated rings. The predicted octanol–water partition coefficient (Wildman–Crippen LogP) is 1.62. The Bertz CT molecular complexity index is 1280. The van der Waals surface area contributed by atoms with E-state index in [2.05, 4.69) is 26.1 Å². The van der Waals surface area contributed by atoms with Crippen LogP contribution in [0.4, 0.5) is 5.82 Å². The van der Waals surface area contributed by atoms with Crippen LogP contribution in [0.2, 0.25) is 0 Å². The average molecular weight is 445 g/mol. The summed E-state index contributed by atoms with van der Waals surface area (Å²) in [6.45, 7) is 8.52. The van der Waals surface area contributed by atoms with Crippen molar-refractivity contribution in [1.29, 1.82) is 5.26 Å². The monoisotopic (exact) mass is 444 g/mol. The second-order valence-electron chi connectivity index (χ2n) is 8.85. The highest BCUT2D eigenvalue weighted by atomic mass is 16.1. The van der Waals surface area contributed by atoms with Gasteiger partial charge in [0.15, 0.2) is 5.82 Å². The van der Waals surface area contributed by atoms with E-state index in [0.29, 0.717) is 17.9 Å². The molecule has 0 N–H and O–H groups in total. The maximum absolute atomic E-state index is 12.4. The highest BCUT2D eigenvalue weighted by Gasteiger charge is 2.23. The van der Waals surface area contributed by atoms with Crippen LogP contribution in [0.15, 0.2) is 29.1 Å². The van der Waals surface area contributed by atoms with Crippen LogP contribution in [-0.2, 0) is 19.4 Å². The number of fused-ring (bicyclic) bond motifs is 1. The molecular formula is C24H28N8O. The molecule has 0 radical (unpaired) electrons. The van der Waals surface area contributed by atoms with Crippen molar-refractivity contribution in [2.45, 2.75) is 39.7 Å².